The third-order valence-electron chi connectivity index (χ3n) is 2.92. The van der Waals surface area contributed by atoms with E-state index in [1.807, 2.05) is 31.2 Å². The van der Waals surface area contributed by atoms with Crippen molar-refractivity contribution in [3.8, 4) is 5.75 Å². The van der Waals surface area contributed by atoms with E-state index in [0.717, 1.165) is 22.7 Å². The summed E-state index contributed by atoms with van der Waals surface area (Å²) in [5, 5.41) is 0. The van der Waals surface area contributed by atoms with Gasteiger partial charge in [-0.15, -0.1) is 0 Å². The van der Waals surface area contributed by atoms with Crippen molar-refractivity contribution in [3.05, 3.63) is 53.6 Å². The van der Waals surface area contributed by atoms with Gasteiger partial charge < -0.3 is 15.2 Å². The summed E-state index contributed by atoms with van der Waals surface area (Å²) in [7, 11) is 1.64. The largest absolute Gasteiger partial charge is 0.491 e. The van der Waals surface area contributed by atoms with Crippen LogP contribution in [0.15, 0.2) is 36.7 Å². The van der Waals surface area contributed by atoms with Crippen molar-refractivity contribution in [1.29, 1.82) is 0 Å². The normalized spacial score (nSPS) is 12.2. The Bertz CT molecular complexity index is 543. The average Bonchev–Trinajstić information content (AvgIpc) is 2.48. The van der Waals surface area contributed by atoms with Crippen molar-refractivity contribution < 1.29 is 9.47 Å². The Balaban J connectivity index is 2.20. The fourth-order valence-electron chi connectivity index (χ4n) is 1.83. The fraction of sp³-hybridized carbons (Fsp3) is 0.333. The molecule has 2 N–H and O–H groups in total. The fourth-order valence-corrected chi connectivity index (χ4v) is 1.83. The van der Waals surface area contributed by atoms with E-state index < -0.39 is 0 Å². The molecule has 20 heavy (non-hydrogen) atoms. The zero-order valence-electron chi connectivity index (χ0n) is 11.7. The Labute approximate surface area is 118 Å². The monoisotopic (exact) mass is 273 g/mol. The molecule has 106 valence electrons. The highest BCUT2D eigenvalue weighted by Gasteiger charge is 2.15. The lowest BCUT2D eigenvalue weighted by Crippen LogP contribution is -2.16. The number of rotatable bonds is 6. The van der Waals surface area contributed by atoms with Crippen molar-refractivity contribution in [2.45, 2.75) is 13.0 Å². The highest BCUT2D eigenvalue weighted by Crippen LogP contribution is 2.27. The number of methoxy groups -OCH3 is 1. The molecule has 1 heterocycles. The minimum Gasteiger partial charge on any atom is -0.491 e. The summed E-state index contributed by atoms with van der Waals surface area (Å²) >= 11 is 0. The summed E-state index contributed by atoms with van der Waals surface area (Å²) in [6, 6.07) is 7.32. The highest BCUT2D eigenvalue weighted by molar-refractivity contribution is 5.39. The molecule has 0 fully saturated rings. The summed E-state index contributed by atoms with van der Waals surface area (Å²) in [5.41, 5.74) is 8.74. The van der Waals surface area contributed by atoms with E-state index in [1.54, 1.807) is 19.5 Å². The van der Waals surface area contributed by atoms with Crippen molar-refractivity contribution in [2.24, 2.45) is 5.73 Å². The first-order valence-corrected chi connectivity index (χ1v) is 6.47. The SMILES string of the molecule is COCCOc1ccccc1C(N)c1cnc(C)cn1. The van der Waals surface area contributed by atoms with E-state index >= 15 is 0 Å². The van der Waals surface area contributed by atoms with Crippen LogP contribution in [0.3, 0.4) is 0 Å². The molecule has 5 heteroatoms. The second-order valence-electron chi connectivity index (χ2n) is 4.44. The molecule has 1 unspecified atom stereocenters. The van der Waals surface area contributed by atoms with Crippen molar-refractivity contribution in [2.75, 3.05) is 20.3 Å². The van der Waals surface area contributed by atoms with Gasteiger partial charge in [0.15, 0.2) is 0 Å². The van der Waals surface area contributed by atoms with Crippen LogP contribution in [0.5, 0.6) is 5.75 Å². The van der Waals surface area contributed by atoms with Crippen molar-refractivity contribution in [1.82, 2.24) is 9.97 Å². The lowest BCUT2D eigenvalue weighted by Gasteiger charge is -2.16. The topological polar surface area (TPSA) is 70.3 Å². The van der Waals surface area contributed by atoms with Crippen LogP contribution >= 0.6 is 0 Å². The number of ether oxygens (including phenoxy) is 2. The number of hydrogen-bond acceptors (Lipinski definition) is 5. The molecule has 0 saturated heterocycles. The highest BCUT2D eigenvalue weighted by atomic mass is 16.5. The number of hydrogen-bond donors (Lipinski definition) is 1. The maximum atomic E-state index is 6.26. The molecule has 1 aromatic heterocycles. The molecule has 2 aromatic rings. The number of para-hydroxylation sites is 1. The Kier molecular flexibility index (Phi) is 5.03. The number of nitrogens with zero attached hydrogens (tertiary/aromatic N) is 2. The number of aryl methyl sites for hydroxylation is 1. The molecule has 0 radical (unpaired) electrons. The van der Waals surface area contributed by atoms with E-state index in [1.165, 1.54) is 0 Å². The van der Waals surface area contributed by atoms with E-state index in [2.05, 4.69) is 9.97 Å². The molecule has 0 aliphatic carbocycles. The van der Waals surface area contributed by atoms with Crippen molar-refractivity contribution in [3.63, 3.8) is 0 Å². The van der Waals surface area contributed by atoms with Gasteiger partial charge in [-0.25, -0.2) is 0 Å². The van der Waals surface area contributed by atoms with Gasteiger partial charge in [0.1, 0.15) is 12.4 Å². The first kappa shape index (κ1) is 14.4. The van der Waals surface area contributed by atoms with Crippen LogP contribution in [-0.4, -0.2) is 30.3 Å². The van der Waals surface area contributed by atoms with Gasteiger partial charge in [0.2, 0.25) is 0 Å². The number of aromatic nitrogens is 2. The summed E-state index contributed by atoms with van der Waals surface area (Å²) in [6.45, 7) is 2.91. The third-order valence-corrected chi connectivity index (χ3v) is 2.92. The van der Waals surface area contributed by atoms with Crippen molar-refractivity contribution >= 4 is 0 Å². The maximum Gasteiger partial charge on any atom is 0.124 e. The molecule has 1 atom stereocenters. The molecule has 0 aliphatic rings. The van der Waals surface area contributed by atoms with Crippen LogP contribution in [0.25, 0.3) is 0 Å². The van der Waals surface area contributed by atoms with Gasteiger partial charge in [0, 0.05) is 18.9 Å². The second-order valence-corrected chi connectivity index (χ2v) is 4.44. The Morgan fingerprint density at radius 1 is 1.15 bits per heavy atom. The minimum atomic E-state index is -0.359. The molecular formula is C15H19N3O2. The first-order valence-electron chi connectivity index (χ1n) is 6.47. The molecule has 2 rings (SSSR count). The van der Waals surface area contributed by atoms with Crippen LogP contribution in [0.1, 0.15) is 23.0 Å². The molecular weight excluding hydrogens is 254 g/mol. The van der Waals surface area contributed by atoms with Crippen LogP contribution in [0, 0.1) is 6.92 Å². The zero-order valence-corrected chi connectivity index (χ0v) is 11.7. The Hall–Kier alpha value is -1.98. The Morgan fingerprint density at radius 3 is 2.65 bits per heavy atom. The summed E-state index contributed by atoms with van der Waals surface area (Å²) in [5.74, 6) is 0.749. The molecule has 0 amide bonds. The zero-order chi connectivity index (χ0) is 14.4. The van der Waals surface area contributed by atoms with E-state index in [0.29, 0.717) is 13.2 Å². The third kappa shape index (κ3) is 3.53. The smallest absolute Gasteiger partial charge is 0.124 e. The second kappa shape index (κ2) is 6.98. The number of nitrogens with two attached hydrogens (primary N) is 1. The van der Waals surface area contributed by atoms with Crippen LogP contribution in [-0.2, 0) is 4.74 Å². The first-order chi connectivity index (χ1) is 9.72. The van der Waals surface area contributed by atoms with E-state index in [4.69, 9.17) is 15.2 Å². The quantitative estimate of drug-likeness (QED) is 0.813. The molecule has 0 saturated carbocycles. The molecule has 0 spiro atoms. The van der Waals surface area contributed by atoms with Gasteiger partial charge in [0.05, 0.1) is 30.2 Å². The lowest BCUT2D eigenvalue weighted by molar-refractivity contribution is 0.145. The molecule has 5 nitrogen and oxygen atoms in total. The number of benzene rings is 1. The Morgan fingerprint density at radius 2 is 1.95 bits per heavy atom. The van der Waals surface area contributed by atoms with Gasteiger partial charge in [-0.1, -0.05) is 18.2 Å². The van der Waals surface area contributed by atoms with E-state index in [9.17, 15) is 0 Å². The summed E-state index contributed by atoms with van der Waals surface area (Å²) < 4.78 is 10.7. The standard InChI is InChI=1S/C15H19N3O2/c1-11-9-18-13(10-17-11)15(16)12-5-3-4-6-14(12)20-8-7-19-2/h3-6,9-10,15H,7-8,16H2,1-2H3. The van der Waals surface area contributed by atoms with Gasteiger partial charge in [-0.2, -0.15) is 0 Å². The minimum absolute atomic E-state index is 0.359. The predicted octanol–water partition coefficient (Wildman–Crippen LogP) is 1.86. The van der Waals surface area contributed by atoms with Gasteiger partial charge in [0.25, 0.3) is 0 Å². The predicted molar refractivity (Wildman–Crippen MR) is 76.6 cm³/mol. The van der Waals surface area contributed by atoms with Gasteiger partial charge in [-0.3, -0.25) is 9.97 Å². The average molecular weight is 273 g/mol. The summed E-state index contributed by atoms with van der Waals surface area (Å²) in [6.07, 6.45) is 3.41. The summed E-state index contributed by atoms with van der Waals surface area (Å²) in [4.78, 5) is 8.55. The molecule has 0 aliphatic heterocycles. The van der Waals surface area contributed by atoms with Gasteiger partial charge in [-0.05, 0) is 13.0 Å². The van der Waals surface area contributed by atoms with Crippen LogP contribution in [0.4, 0.5) is 0 Å². The maximum absolute atomic E-state index is 6.26. The van der Waals surface area contributed by atoms with Crippen LogP contribution < -0.4 is 10.5 Å². The van der Waals surface area contributed by atoms with Gasteiger partial charge >= 0.3 is 0 Å². The van der Waals surface area contributed by atoms with Crippen LogP contribution in [0.2, 0.25) is 0 Å². The lowest BCUT2D eigenvalue weighted by atomic mass is 10.0. The van der Waals surface area contributed by atoms with E-state index in [-0.39, 0.29) is 6.04 Å². The molecule has 0 bridgehead atoms. The molecule has 1 aromatic carbocycles.